The van der Waals surface area contributed by atoms with Gasteiger partial charge in [0.2, 0.25) is 5.91 Å². The van der Waals surface area contributed by atoms with E-state index in [1.165, 1.54) is 0 Å². The van der Waals surface area contributed by atoms with Crippen LogP contribution in [-0.4, -0.2) is 25.7 Å². The third-order valence-electron chi connectivity index (χ3n) is 2.70. The summed E-state index contributed by atoms with van der Waals surface area (Å²) in [5.41, 5.74) is 12.8. The molecule has 0 spiro atoms. The molecule has 1 unspecified atom stereocenters. The second-order valence-electron chi connectivity index (χ2n) is 4.25. The molecule has 1 aromatic rings. The van der Waals surface area contributed by atoms with Crippen LogP contribution in [0.2, 0.25) is 0 Å². The summed E-state index contributed by atoms with van der Waals surface area (Å²) in [6, 6.07) is 5.23. The molecule has 0 aliphatic heterocycles. The Hall–Kier alpha value is -1.75. The molecule has 1 atom stereocenters. The number of primary amides is 1. The first kappa shape index (κ1) is 14.3. The lowest BCUT2D eigenvalue weighted by atomic mass is 10.1. The van der Waals surface area contributed by atoms with Gasteiger partial charge in [0.05, 0.1) is 18.0 Å². The lowest BCUT2D eigenvalue weighted by Crippen LogP contribution is -2.25. The zero-order valence-electron chi connectivity index (χ0n) is 10.9. The van der Waals surface area contributed by atoms with Crippen LogP contribution in [0.25, 0.3) is 0 Å². The lowest BCUT2D eigenvalue weighted by molar-refractivity contribution is 0.100. The number of carbonyl (C=O) groups is 1. The maximum Gasteiger partial charge on any atom is 0.248 e. The second kappa shape index (κ2) is 6.86. The summed E-state index contributed by atoms with van der Waals surface area (Å²) in [6.07, 6.45) is 2.05. The van der Waals surface area contributed by atoms with Crippen molar-refractivity contribution in [1.29, 1.82) is 0 Å². The highest BCUT2D eigenvalue weighted by Gasteiger charge is 2.10. The Labute approximate surface area is 107 Å². The first-order valence-corrected chi connectivity index (χ1v) is 6.03. The molecule has 0 aliphatic rings. The summed E-state index contributed by atoms with van der Waals surface area (Å²) < 4.78 is 5.15. The molecule has 5 heteroatoms. The van der Waals surface area contributed by atoms with Crippen molar-refractivity contribution >= 4 is 17.3 Å². The normalized spacial score (nSPS) is 12.1. The fourth-order valence-electron chi connectivity index (χ4n) is 1.81. The van der Waals surface area contributed by atoms with E-state index in [0.29, 0.717) is 17.9 Å². The van der Waals surface area contributed by atoms with Crippen LogP contribution < -0.4 is 16.8 Å². The van der Waals surface area contributed by atoms with Crippen molar-refractivity contribution < 1.29 is 9.53 Å². The van der Waals surface area contributed by atoms with Crippen molar-refractivity contribution in [2.24, 2.45) is 5.73 Å². The molecule has 0 radical (unpaired) electrons. The zero-order chi connectivity index (χ0) is 13.5. The SMILES string of the molecule is CCCC(COC)Nc1ccc(C(N)=O)cc1N. The van der Waals surface area contributed by atoms with Crippen molar-refractivity contribution in [3.63, 3.8) is 0 Å². The minimum Gasteiger partial charge on any atom is -0.397 e. The number of nitrogens with two attached hydrogens (primary N) is 2. The molecule has 5 N–H and O–H groups in total. The monoisotopic (exact) mass is 251 g/mol. The van der Waals surface area contributed by atoms with Gasteiger partial charge in [-0.2, -0.15) is 0 Å². The van der Waals surface area contributed by atoms with Gasteiger partial charge in [0.15, 0.2) is 0 Å². The second-order valence-corrected chi connectivity index (χ2v) is 4.25. The summed E-state index contributed by atoms with van der Waals surface area (Å²) in [5, 5.41) is 3.31. The highest BCUT2D eigenvalue weighted by atomic mass is 16.5. The molecule has 1 aromatic carbocycles. The largest absolute Gasteiger partial charge is 0.397 e. The molecule has 0 fully saturated rings. The van der Waals surface area contributed by atoms with Crippen LogP contribution in [0.1, 0.15) is 30.1 Å². The minimum absolute atomic E-state index is 0.210. The molecular formula is C13H21N3O2. The van der Waals surface area contributed by atoms with Gasteiger partial charge in [0.1, 0.15) is 0 Å². The number of anilines is 2. The average Bonchev–Trinajstić information content (AvgIpc) is 2.32. The smallest absolute Gasteiger partial charge is 0.248 e. The fourth-order valence-corrected chi connectivity index (χ4v) is 1.81. The van der Waals surface area contributed by atoms with Gasteiger partial charge < -0.3 is 21.5 Å². The van der Waals surface area contributed by atoms with Gasteiger partial charge in [-0.05, 0) is 24.6 Å². The van der Waals surface area contributed by atoms with Gasteiger partial charge in [-0.15, -0.1) is 0 Å². The van der Waals surface area contributed by atoms with Crippen LogP contribution >= 0.6 is 0 Å². The van der Waals surface area contributed by atoms with Gasteiger partial charge in [-0.1, -0.05) is 13.3 Å². The van der Waals surface area contributed by atoms with E-state index < -0.39 is 5.91 Å². The summed E-state index contributed by atoms with van der Waals surface area (Å²) in [4.78, 5) is 11.0. The first-order valence-electron chi connectivity index (χ1n) is 6.03. The minimum atomic E-state index is -0.477. The van der Waals surface area contributed by atoms with Gasteiger partial charge in [0.25, 0.3) is 0 Å². The van der Waals surface area contributed by atoms with Crippen LogP contribution in [0.3, 0.4) is 0 Å². The maximum atomic E-state index is 11.0. The molecule has 18 heavy (non-hydrogen) atoms. The van der Waals surface area contributed by atoms with E-state index in [9.17, 15) is 4.79 Å². The molecule has 1 amide bonds. The number of methoxy groups -OCH3 is 1. The standard InChI is InChI=1S/C13H21N3O2/c1-3-4-10(8-18-2)16-12-6-5-9(13(15)17)7-11(12)14/h5-7,10,16H,3-4,8,14H2,1-2H3,(H2,15,17). The predicted molar refractivity (Wildman–Crippen MR) is 73.6 cm³/mol. The molecule has 0 saturated heterocycles. The highest BCUT2D eigenvalue weighted by molar-refractivity contribution is 5.94. The quantitative estimate of drug-likeness (QED) is 0.642. The summed E-state index contributed by atoms with van der Waals surface area (Å²) >= 11 is 0. The van der Waals surface area contributed by atoms with Crippen molar-refractivity contribution in [2.75, 3.05) is 24.8 Å². The number of rotatable bonds is 7. The van der Waals surface area contributed by atoms with Gasteiger partial charge in [-0.25, -0.2) is 0 Å². The predicted octanol–water partition coefficient (Wildman–Crippen LogP) is 1.59. The molecule has 0 aliphatic carbocycles. The average molecular weight is 251 g/mol. The Morgan fingerprint density at radius 3 is 2.72 bits per heavy atom. The topological polar surface area (TPSA) is 90.4 Å². The zero-order valence-corrected chi connectivity index (χ0v) is 10.9. The fraction of sp³-hybridized carbons (Fsp3) is 0.462. The van der Waals surface area contributed by atoms with Crippen LogP contribution in [0, 0.1) is 0 Å². The summed E-state index contributed by atoms with van der Waals surface area (Å²) in [5.74, 6) is -0.477. The van der Waals surface area contributed by atoms with Gasteiger partial charge in [-0.3, -0.25) is 4.79 Å². The Morgan fingerprint density at radius 2 is 2.22 bits per heavy atom. The van der Waals surface area contributed by atoms with E-state index in [0.717, 1.165) is 18.5 Å². The summed E-state index contributed by atoms with van der Waals surface area (Å²) in [7, 11) is 1.67. The molecule has 0 aromatic heterocycles. The van der Waals surface area contributed by atoms with Crippen LogP contribution in [0.15, 0.2) is 18.2 Å². The number of ether oxygens (including phenoxy) is 1. The number of hydrogen-bond acceptors (Lipinski definition) is 4. The molecular weight excluding hydrogens is 230 g/mol. The Balaban J connectivity index is 2.79. The number of nitrogens with one attached hydrogen (secondary N) is 1. The molecule has 0 bridgehead atoms. The van der Waals surface area contributed by atoms with Crippen LogP contribution in [0.5, 0.6) is 0 Å². The number of nitrogen functional groups attached to an aromatic ring is 1. The van der Waals surface area contributed by atoms with E-state index in [2.05, 4.69) is 12.2 Å². The van der Waals surface area contributed by atoms with Crippen LogP contribution in [0.4, 0.5) is 11.4 Å². The van der Waals surface area contributed by atoms with Crippen LogP contribution in [-0.2, 0) is 4.74 Å². The highest BCUT2D eigenvalue weighted by Crippen LogP contribution is 2.21. The number of amides is 1. The van der Waals surface area contributed by atoms with Crippen molar-refractivity contribution in [3.8, 4) is 0 Å². The van der Waals surface area contributed by atoms with Gasteiger partial charge >= 0.3 is 0 Å². The van der Waals surface area contributed by atoms with E-state index >= 15 is 0 Å². The maximum absolute atomic E-state index is 11.0. The van der Waals surface area contributed by atoms with Gasteiger partial charge in [0, 0.05) is 18.7 Å². The first-order chi connectivity index (χ1) is 8.58. The van der Waals surface area contributed by atoms with Crippen molar-refractivity contribution in [2.45, 2.75) is 25.8 Å². The van der Waals surface area contributed by atoms with E-state index in [1.54, 1.807) is 25.3 Å². The van der Waals surface area contributed by atoms with E-state index in [1.807, 2.05) is 0 Å². The molecule has 0 heterocycles. The number of carbonyl (C=O) groups excluding carboxylic acids is 1. The third kappa shape index (κ3) is 3.92. The number of hydrogen-bond donors (Lipinski definition) is 3. The lowest BCUT2D eigenvalue weighted by Gasteiger charge is -2.19. The molecule has 5 nitrogen and oxygen atoms in total. The van der Waals surface area contributed by atoms with Crippen molar-refractivity contribution in [1.82, 2.24) is 0 Å². The molecule has 0 saturated carbocycles. The summed E-state index contributed by atoms with van der Waals surface area (Å²) in [6.45, 7) is 2.73. The van der Waals surface area contributed by atoms with E-state index in [4.69, 9.17) is 16.2 Å². The number of benzene rings is 1. The molecule has 1 rings (SSSR count). The Morgan fingerprint density at radius 1 is 1.50 bits per heavy atom. The Bertz CT molecular complexity index is 401. The third-order valence-corrected chi connectivity index (χ3v) is 2.70. The Kier molecular flexibility index (Phi) is 5.45. The van der Waals surface area contributed by atoms with E-state index in [-0.39, 0.29) is 6.04 Å². The van der Waals surface area contributed by atoms with Crippen molar-refractivity contribution in [3.05, 3.63) is 23.8 Å². The molecule has 100 valence electrons.